The normalized spacial score (nSPS) is 10.6. The summed E-state index contributed by atoms with van der Waals surface area (Å²) in [6.07, 6.45) is 0. The van der Waals surface area contributed by atoms with Gasteiger partial charge in [-0.05, 0) is 19.1 Å². The van der Waals surface area contributed by atoms with E-state index in [4.69, 9.17) is 0 Å². The number of aryl methyl sites for hydroxylation is 1. The molecule has 0 unspecified atom stereocenters. The molecule has 0 aliphatic rings. The number of carbonyl (C=O) groups excluding carboxylic acids is 2. The molecule has 0 aliphatic heterocycles. The zero-order valence-electron chi connectivity index (χ0n) is 14.6. The summed E-state index contributed by atoms with van der Waals surface area (Å²) < 4.78 is 1.55. The number of amides is 2. The number of hydrogen-bond acceptors (Lipinski definition) is 4. The minimum absolute atomic E-state index is 0.0888. The highest BCUT2D eigenvalue weighted by Crippen LogP contribution is 2.07. The summed E-state index contributed by atoms with van der Waals surface area (Å²) in [7, 11) is 0. The molecule has 1 heterocycles. The molecule has 0 saturated heterocycles. The van der Waals surface area contributed by atoms with Crippen LogP contribution >= 0.6 is 0 Å². The molecule has 0 saturated carbocycles. The largest absolute Gasteiger partial charge is 0.354 e. The first-order chi connectivity index (χ1) is 11.9. The molecule has 1 aromatic carbocycles. The van der Waals surface area contributed by atoms with Gasteiger partial charge in [0.15, 0.2) is 5.69 Å². The van der Waals surface area contributed by atoms with Crippen LogP contribution in [0.4, 0.5) is 0 Å². The van der Waals surface area contributed by atoms with Crippen molar-refractivity contribution in [3.63, 3.8) is 0 Å². The Kier molecular flexibility index (Phi) is 6.05. The van der Waals surface area contributed by atoms with Crippen LogP contribution < -0.4 is 16.1 Å². The number of nitrogens with zero attached hydrogens (tertiary/aromatic N) is 2. The lowest BCUT2D eigenvalue weighted by molar-refractivity contribution is -0.123. The minimum Gasteiger partial charge on any atom is -0.354 e. The fourth-order valence-electron chi connectivity index (χ4n) is 2.18. The predicted octanol–water partition coefficient (Wildman–Crippen LogP) is 1.04. The van der Waals surface area contributed by atoms with Crippen LogP contribution in [0.15, 0.2) is 41.2 Å². The highest BCUT2D eigenvalue weighted by molar-refractivity contribution is 5.92. The molecule has 25 heavy (non-hydrogen) atoms. The fourth-order valence-corrected chi connectivity index (χ4v) is 2.18. The van der Waals surface area contributed by atoms with E-state index in [2.05, 4.69) is 15.7 Å². The lowest BCUT2D eigenvalue weighted by Crippen LogP contribution is -2.38. The number of aromatic nitrogens is 2. The van der Waals surface area contributed by atoms with Crippen LogP contribution in [0.25, 0.3) is 5.69 Å². The first-order valence-electron chi connectivity index (χ1n) is 8.12. The quantitative estimate of drug-likeness (QED) is 0.767. The molecule has 0 atom stereocenters. The average molecular weight is 342 g/mol. The molecular weight excluding hydrogens is 320 g/mol. The van der Waals surface area contributed by atoms with Crippen LogP contribution in [0.5, 0.6) is 0 Å². The van der Waals surface area contributed by atoms with Gasteiger partial charge in [0, 0.05) is 30.8 Å². The minimum atomic E-state index is -0.562. The lowest BCUT2D eigenvalue weighted by atomic mass is 10.2. The van der Waals surface area contributed by atoms with E-state index in [1.165, 1.54) is 6.07 Å². The molecule has 0 fully saturated rings. The zero-order chi connectivity index (χ0) is 18.4. The van der Waals surface area contributed by atoms with Gasteiger partial charge < -0.3 is 10.6 Å². The van der Waals surface area contributed by atoms with Crippen LogP contribution in [-0.4, -0.2) is 34.7 Å². The lowest BCUT2D eigenvalue weighted by Gasteiger charge is -2.11. The van der Waals surface area contributed by atoms with Crippen molar-refractivity contribution >= 4 is 11.8 Å². The Hall–Kier alpha value is -2.96. The van der Waals surface area contributed by atoms with E-state index in [1.54, 1.807) is 25.5 Å². The summed E-state index contributed by atoms with van der Waals surface area (Å²) >= 11 is 0. The maximum atomic E-state index is 12.2. The zero-order valence-corrected chi connectivity index (χ0v) is 14.6. The second-order valence-electron chi connectivity index (χ2n) is 5.95. The first-order valence-corrected chi connectivity index (χ1v) is 8.12. The van der Waals surface area contributed by atoms with Gasteiger partial charge in [0.2, 0.25) is 11.3 Å². The van der Waals surface area contributed by atoms with Gasteiger partial charge in [-0.15, -0.1) is 0 Å². The molecule has 1 aromatic heterocycles. The Morgan fingerprint density at radius 3 is 2.40 bits per heavy atom. The van der Waals surface area contributed by atoms with Crippen LogP contribution in [0.2, 0.25) is 0 Å². The smallest absolute Gasteiger partial charge is 0.275 e. The number of rotatable bonds is 6. The van der Waals surface area contributed by atoms with Crippen molar-refractivity contribution in [3.8, 4) is 5.69 Å². The topological polar surface area (TPSA) is 93.1 Å². The Morgan fingerprint density at radius 1 is 1.12 bits per heavy atom. The van der Waals surface area contributed by atoms with E-state index < -0.39 is 11.3 Å². The van der Waals surface area contributed by atoms with Crippen LogP contribution in [0.3, 0.4) is 0 Å². The van der Waals surface area contributed by atoms with E-state index in [0.29, 0.717) is 12.2 Å². The summed E-state index contributed by atoms with van der Waals surface area (Å²) in [5.41, 5.74) is 0.785. The van der Waals surface area contributed by atoms with Crippen molar-refractivity contribution < 1.29 is 9.59 Å². The van der Waals surface area contributed by atoms with Crippen LogP contribution in [0.1, 0.15) is 30.0 Å². The van der Waals surface area contributed by atoms with Gasteiger partial charge in [-0.1, -0.05) is 32.0 Å². The van der Waals surface area contributed by atoms with Crippen molar-refractivity contribution in [2.75, 3.05) is 13.1 Å². The molecule has 7 heteroatoms. The molecule has 0 spiro atoms. The Labute approximate surface area is 146 Å². The summed E-state index contributed by atoms with van der Waals surface area (Å²) in [6, 6.07) is 10.6. The van der Waals surface area contributed by atoms with Gasteiger partial charge in [0.05, 0.1) is 5.69 Å². The molecule has 7 nitrogen and oxygen atoms in total. The first kappa shape index (κ1) is 18.4. The van der Waals surface area contributed by atoms with Crippen LogP contribution in [0, 0.1) is 12.8 Å². The third-order valence-corrected chi connectivity index (χ3v) is 3.56. The van der Waals surface area contributed by atoms with E-state index in [-0.39, 0.29) is 24.1 Å². The predicted molar refractivity (Wildman–Crippen MR) is 94.8 cm³/mol. The van der Waals surface area contributed by atoms with E-state index in [1.807, 2.05) is 30.3 Å². The van der Waals surface area contributed by atoms with Crippen LogP contribution in [-0.2, 0) is 4.79 Å². The molecule has 132 valence electrons. The molecule has 2 rings (SSSR count). The van der Waals surface area contributed by atoms with Gasteiger partial charge >= 0.3 is 0 Å². The van der Waals surface area contributed by atoms with Gasteiger partial charge in [-0.25, -0.2) is 4.68 Å². The van der Waals surface area contributed by atoms with Gasteiger partial charge in [-0.2, -0.15) is 5.10 Å². The molecule has 2 aromatic rings. The maximum Gasteiger partial charge on any atom is 0.275 e. The Balaban J connectivity index is 2.10. The molecule has 0 aliphatic carbocycles. The van der Waals surface area contributed by atoms with Crippen molar-refractivity contribution in [1.82, 2.24) is 20.4 Å². The van der Waals surface area contributed by atoms with Crippen molar-refractivity contribution in [3.05, 3.63) is 58.0 Å². The summed E-state index contributed by atoms with van der Waals surface area (Å²) in [5.74, 6) is -0.768. The second kappa shape index (κ2) is 8.23. The molecule has 0 radical (unpaired) electrons. The Morgan fingerprint density at radius 2 is 1.76 bits per heavy atom. The SMILES string of the molecule is Cc1cc(=O)c(C(=O)NCCNC(=O)C(C)C)nn1-c1ccccc1. The highest BCUT2D eigenvalue weighted by Gasteiger charge is 2.15. The number of hydrogen-bond donors (Lipinski definition) is 2. The van der Waals surface area contributed by atoms with Gasteiger partial charge in [-0.3, -0.25) is 14.4 Å². The summed E-state index contributed by atoms with van der Waals surface area (Å²) in [6.45, 7) is 5.84. The monoisotopic (exact) mass is 342 g/mol. The number of para-hydroxylation sites is 1. The maximum absolute atomic E-state index is 12.2. The van der Waals surface area contributed by atoms with E-state index in [9.17, 15) is 14.4 Å². The van der Waals surface area contributed by atoms with Gasteiger partial charge in [0.1, 0.15) is 0 Å². The summed E-state index contributed by atoms with van der Waals surface area (Å²) in [4.78, 5) is 35.8. The molecule has 2 N–H and O–H groups in total. The number of nitrogens with one attached hydrogen (secondary N) is 2. The molecule has 0 bridgehead atoms. The van der Waals surface area contributed by atoms with E-state index >= 15 is 0 Å². The van der Waals surface area contributed by atoms with E-state index in [0.717, 1.165) is 5.69 Å². The number of benzene rings is 1. The van der Waals surface area contributed by atoms with Crippen molar-refractivity contribution in [2.24, 2.45) is 5.92 Å². The number of carbonyl (C=O) groups is 2. The standard InChI is InChI=1S/C18H22N4O3/c1-12(2)17(24)19-9-10-20-18(25)16-15(23)11-13(3)22(21-16)14-7-5-4-6-8-14/h4-8,11-12H,9-10H2,1-3H3,(H,19,24)(H,20,25). The molecular formula is C18H22N4O3. The fraction of sp³-hybridized carbons (Fsp3) is 0.333. The molecule has 2 amide bonds. The summed E-state index contributed by atoms with van der Waals surface area (Å²) in [5, 5.41) is 9.48. The Bertz CT molecular complexity index is 813. The average Bonchev–Trinajstić information content (AvgIpc) is 2.59. The highest BCUT2D eigenvalue weighted by atomic mass is 16.2. The third-order valence-electron chi connectivity index (χ3n) is 3.56. The second-order valence-corrected chi connectivity index (χ2v) is 5.95. The van der Waals surface area contributed by atoms with Gasteiger partial charge in [0.25, 0.3) is 5.91 Å². The van der Waals surface area contributed by atoms with Crippen molar-refractivity contribution in [2.45, 2.75) is 20.8 Å². The third kappa shape index (κ3) is 4.76. The van der Waals surface area contributed by atoms with Crippen molar-refractivity contribution in [1.29, 1.82) is 0 Å².